The van der Waals surface area contributed by atoms with E-state index in [0.717, 1.165) is 0 Å². The van der Waals surface area contributed by atoms with Gasteiger partial charge in [-0.1, -0.05) is 0 Å². The molecule has 0 aliphatic heterocycles. The van der Waals surface area contributed by atoms with Crippen LogP contribution in [0.25, 0.3) is 0 Å². The molecule has 0 fully saturated rings. The average Bonchev–Trinajstić information content (AvgIpc) is 2.40. The van der Waals surface area contributed by atoms with Crippen LogP contribution in [0.1, 0.15) is 13.8 Å². The van der Waals surface area contributed by atoms with Crippen molar-refractivity contribution in [1.82, 2.24) is 0 Å². The highest BCUT2D eigenvalue weighted by atomic mass is 16.8. The molecule has 7 nitrogen and oxygen atoms in total. The van der Waals surface area contributed by atoms with Crippen LogP contribution < -0.4 is 5.90 Å². The van der Waals surface area contributed by atoms with Gasteiger partial charge < -0.3 is 23.7 Å². The van der Waals surface area contributed by atoms with Crippen LogP contribution in [0, 0.1) is 0 Å². The molecule has 18 heavy (non-hydrogen) atoms. The number of nitrogens with two attached hydrogens (primary N) is 1. The van der Waals surface area contributed by atoms with Crippen LogP contribution in [0.15, 0.2) is 0 Å². The lowest BCUT2D eigenvalue weighted by Crippen LogP contribution is -2.20. The van der Waals surface area contributed by atoms with E-state index in [1.54, 1.807) is 14.0 Å². The van der Waals surface area contributed by atoms with E-state index in [4.69, 9.17) is 29.6 Å². The Morgan fingerprint density at radius 3 is 1.67 bits per heavy atom. The fourth-order valence-corrected chi connectivity index (χ4v) is 0.975. The molecule has 0 saturated carbocycles. The highest BCUT2D eigenvalue weighted by Gasteiger charge is 1.99. The van der Waals surface area contributed by atoms with Gasteiger partial charge in [-0.15, -0.1) is 0 Å². The fourth-order valence-electron chi connectivity index (χ4n) is 0.975. The summed E-state index contributed by atoms with van der Waals surface area (Å²) < 4.78 is 25.8. The van der Waals surface area contributed by atoms with Gasteiger partial charge in [-0.3, -0.25) is 4.84 Å². The van der Waals surface area contributed by atoms with Crippen molar-refractivity contribution in [3.05, 3.63) is 0 Å². The zero-order valence-electron chi connectivity index (χ0n) is 11.4. The van der Waals surface area contributed by atoms with Gasteiger partial charge in [0, 0.05) is 7.11 Å². The lowest BCUT2D eigenvalue weighted by atomic mass is 10.6. The molecule has 0 amide bonds. The number of methoxy groups -OCH3 is 1. The maximum atomic E-state index is 5.29. The Morgan fingerprint density at radius 2 is 1.22 bits per heavy atom. The molecule has 0 aromatic carbocycles. The summed E-state index contributed by atoms with van der Waals surface area (Å²) in [5, 5.41) is 0. The van der Waals surface area contributed by atoms with Gasteiger partial charge >= 0.3 is 0 Å². The third kappa shape index (κ3) is 12.2. The molecule has 0 radical (unpaired) electrons. The maximum Gasteiger partial charge on any atom is 0.174 e. The molecule has 7 heteroatoms. The normalized spacial score (nSPS) is 14.7. The molecule has 2 atom stereocenters. The smallest absolute Gasteiger partial charge is 0.174 e. The van der Waals surface area contributed by atoms with Gasteiger partial charge in [-0.05, 0) is 13.8 Å². The first kappa shape index (κ1) is 17.7. The third-order valence-electron chi connectivity index (χ3n) is 2.06. The molecular formula is C11H25NO6. The summed E-state index contributed by atoms with van der Waals surface area (Å²) >= 11 is 0. The Bertz CT molecular complexity index is 154. The molecule has 0 spiro atoms. The van der Waals surface area contributed by atoms with Crippen LogP contribution in [0.4, 0.5) is 0 Å². The minimum atomic E-state index is -0.412. The molecule has 0 rings (SSSR count). The van der Waals surface area contributed by atoms with Gasteiger partial charge in [0.2, 0.25) is 0 Å². The lowest BCUT2D eigenvalue weighted by Gasteiger charge is -2.11. The van der Waals surface area contributed by atoms with Crippen LogP contribution in [0.5, 0.6) is 0 Å². The molecule has 2 unspecified atom stereocenters. The molecule has 0 aliphatic carbocycles. The number of hydrogen-bond acceptors (Lipinski definition) is 7. The molecule has 0 heterocycles. The van der Waals surface area contributed by atoms with E-state index in [1.165, 1.54) is 0 Å². The van der Waals surface area contributed by atoms with Crippen LogP contribution in [-0.4, -0.2) is 59.3 Å². The second-order valence-corrected chi connectivity index (χ2v) is 3.47. The molecule has 110 valence electrons. The SMILES string of the molecule is COC(C)OCCOCCOCCOC(C)ON. The predicted octanol–water partition coefficient (Wildman–Crippen LogP) is 0.282. The van der Waals surface area contributed by atoms with E-state index in [0.29, 0.717) is 39.6 Å². The average molecular weight is 267 g/mol. The number of ether oxygens (including phenoxy) is 5. The van der Waals surface area contributed by atoms with E-state index in [1.807, 2.05) is 6.92 Å². The lowest BCUT2D eigenvalue weighted by molar-refractivity contribution is -0.143. The summed E-state index contributed by atoms with van der Waals surface area (Å²) in [5.41, 5.74) is 0. The molecule has 0 aliphatic rings. The monoisotopic (exact) mass is 267 g/mol. The van der Waals surface area contributed by atoms with Gasteiger partial charge in [-0.25, -0.2) is 5.90 Å². The fraction of sp³-hybridized carbons (Fsp3) is 1.00. The second-order valence-electron chi connectivity index (χ2n) is 3.47. The Balaban J connectivity index is 3.03. The number of rotatable bonds is 13. The Kier molecular flexibility index (Phi) is 13.0. The van der Waals surface area contributed by atoms with E-state index in [9.17, 15) is 0 Å². The van der Waals surface area contributed by atoms with E-state index < -0.39 is 6.29 Å². The molecular weight excluding hydrogens is 242 g/mol. The van der Waals surface area contributed by atoms with Crippen LogP contribution >= 0.6 is 0 Å². The first-order valence-electron chi connectivity index (χ1n) is 5.97. The summed E-state index contributed by atoms with van der Waals surface area (Å²) in [7, 11) is 1.60. The maximum absolute atomic E-state index is 5.29. The summed E-state index contributed by atoms with van der Waals surface area (Å²) in [6, 6.07) is 0. The highest BCUT2D eigenvalue weighted by Crippen LogP contribution is 1.91. The minimum absolute atomic E-state index is 0.200. The summed E-state index contributed by atoms with van der Waals surface area (Å²) in [5.74, 6) is 4.91. The van der Waals surface area contributed by atoms with Crippen molar-refractivity contribution < 1.29 is 28.5 Å². The molecule has 0 bridgehead atoms. The van der Waals surface area contributed by atoms with Crippen LogP contribution in [-0.2, 0) is 28.5 Å². The van der Waals surface area contributed by atoms with Gasteiger partial charge in [-0.2, -0.15) is 0 Å². The van der Waals surface area contributed by atoms with Crippen molar-refractivity contribution in [2.24, 2.45) is 5.90 Å². The van der Waals surface area contributed by atoms with Crippen molar-refractivity contribution in [1.29, 1.82) is 0 Å². The van der Waals surface area contributed by atoms with E-state index >= 15 is 0 Å². The van der Waals surface area contributed by atoms with E-state index in [-0.39, 0.29) is 6.29 Å². The standard InChI is InChI=1S/C11H25NO6/c1-10(13-3)16-8-6-14-4-5-15-7-9-17-11(2)18-12/h10-11H,4-9,12H2,1-3H3. The van der Waals surface area contributed by atoms with Gasteiger partial charge in [0.05, 0.1) is 39.6 Å². The molecule has 0 aromatic rings. The Hall–Kier alpha value is -0.280. The van der Waals surface area contributed by atoms with E-state index in [2.05, 4.69) is 4.84 Å². The summed E-state index contributed by atoms with van der Waals surface area (Å²) in [6.07, 6.45) is -0.612. The zero-order chi connectivity index (χ0) is 13.6. The summed E-state index contributed by atoms with van der Waals surface area (Å²) in [4.78, 5) is 4.42. The quantitative estimate of drug-likeness (QED) is 0.291. The Labute approximate surface area is 108 Å². The van der Waals surface area contributed by atoms with Crippen LogP contribution in [0.2, 0.25) is 0 Å². The first-order valence-corrected chi connectivity index (χ1v) is 5.97. The van der Waals surface area contributed by atoms with Gasteiger partial charge in [0.1, 0.15) is 0 Å². The van der Waals surface area contributed by atoms with Crippen molar-refractivity contribution in [3.8, 4) is 0 Å². The van der Waals surface area contributed by atoms with Crippen molar-refractivity contribution in [3.63, 3.8) is 0 Å². The minimum Gasteiger partial charge on any atom is -0.377 e. The van der Waals surface area contributed by atoms with Crippen molar-refractivity contribution in [2.75, 3.05) is 46.8 Å². The Morgan fingerprint density at radius 1 is 0.778 bits per heavy atom. The topological polar surface area (TPSA) is 81.4 Å². The summed E-state index contributed by atoms with van der Waals surface area (Å²) in [6.45, 7) is 6.52. The first-order chi connectivity index (χ1) is 8.70. The van der Waals surface area contributed by atoms with Crippen LogP contribution in [0.3, 0.4) is 0 Å². The second kappa shape index (κ2) is 13.2. The number of hydrogen-bond donors (Lipinski definition) is 1. The highest BCUT2D eigenvalue weighted by molar-refractivity contribution is 4.36. The third-order valence-corrected chi connectivity index (χ3v) is 2.06. The molecule has 2 N–H and O–H groups in total. The van der Waals surface area contributed by atoms with Crippen molar-refractivity contribution >= 4 is 0 Å². The van der Waals surface area contributed by atoms with Gasteiger partial charge in [0.25, 0.3) is 0 Å². The molecule has 0 saturated heterocycles. The molecule has 0 aromatic heterocycles. The largest absolute Gasteiger partial charge is 0.377 e. The predicted molar refractivity (Wildman–Crippen MR) is 64.7 cm³/mol. The zero-order valence-corrected chi connectivity index (χ0v) is 11.4. The van der Waals surface area contributed by atoms with Gasteiger partial charge in [0.15, 0.2) is 12.6 Å². The van der Waals surface area contributed by atoms with Crippen molar-refractivity contribution in [2.45, 2.75) is 26.4 Å².